The molecule has 0 spiro atoms. The zero-order valence-electron chi connectivity index (χ0n) is 10.2. The molecule has 0 radical (unpaired) electrons. The summed E-state index contributed by atoms with van der Waals surface area (Å²) in [6.07, 6.45) is 5.65. The summed E-state index contributed by atoms with van der Waals surface area (Å²) in [7, 11) is 0. The lowest BCUT2D eigenvalue weighted by Gasteiger charge is -2.21. The van der Waals surface area contributed by atoms with Crippen LogP contribution in [0.5, 0.6) is 0 Å². The Hall–Kier alpha value is -1.29. The van der Waals surface area contributed by atoms with Gasteiger partial charge in [0.1, 0.15) is 5.76 Å². The van der Waals surface area contributed by atoms with Crippen molar-refractivity contribution in [1.29, 1.82) is 0 Å². The lowest BCUT2D eigenvalue weighted by Crippen LogP contribution is -2.44. The number of hydrogen-bond donors (Lipinski definition) is 2. The minimum absolute atomic E-state index is 0.0902. The number of furan rings is 1. The molecule has 1 aliphatic rings. The zero-order chi connectivity index (χ0) is 12.1. The fraction of sp³-hybridized carbons (Fsp3) is 0.615. The van der Waals surface area contributed by atoms with Crippen molar-refractivity contribution in [3.8, 4) is 0 Å². The topological polar surface area (TPSA) is 54.3 Å². The second-order valence-corrected chi connectivity index (χ2v) is 4.48. The van der Waals surface area contributed by atoms with Gasteiger partial charge in [-0.25, -0.2) is 0 Å². The number of amides is 1. The first-order valence-corrected chi connectivity index (χ1v) is 6.38. The number of carbonyl (C=O) groups excluding carboxylic acids is 1. The molecule has 17 heavy (non-hydrogen) atoms. The normalized spacial score (nSPS) is 22.9. The van der Waals surface area contributed by atoms with E-state index in [1.54, 1.807) is 6.26 Å². The minimum atomic E-state index is -0.0902. The van der Waals surface area contributed by atoms with Crippen molar-refractivity contribution >= 4 is 5.91 Å². The van der Waals surface area contributed by atoms with Crippen LogP contribution in [0.15, 0.2) is 22.8 Å². The summed E-state index contributed by atoms with van der Waals surface area (Å²) in [6, 6.07) is 3.87. The third-order valence-corrected chi connectivity index (χ3v) is 3.23. The van der Waals surface area contributed by atoms with Crippen LogP contribution in [-0.2, 0) is 4.79 Å². The van der Waals surface area contributed by atoms with Gasteiger partial charge in [-0.1, -0.05) is 6.92 Å². The van der Waals surface area contributed by atoms with Gasteiger partial charge < -0.3 is 9.73 Å². The lowest BCUT2D eigenvalue weighted by molar-refractivity contribution is -0.123. The van der Waals surface area contributed by atoms with Gasteiger partial charge in [0, 0.05) is 6.54 Å². The van der Waals surface area contributed by atoms with E-state index >= 15 is 0 Å². The molecule has 2 rings (SSSR count). The van der Waals surface area contributed by atoms with Crippen LogP contribution < -0.4 is 10.6 Å². The summed E-state index contributed by atoms with van der Waals surface area (Å²) in [5.41, 5.74) is 0. The molecule has 94 valence electrons. The third-order valence-electron chi connectivity index (χ3n) is 3.23. The van der Waals surface area contributed by atoms with Crippen LogP contribution in [-0.4, -0.2) is 18.5 Å². The van der Waals surface area contributed by atoms with Crippen LogP contribution in [0.4, 0.5) is 0 Å². The second kappa shape index (κ2) is 5.87. The molecule has 1 aromatic heterocycles. The van der Waals surface area contributed by atoms with Crippen molar-refractivity contribution in [2.45, 2.75) is 44.7 Å². The molecular weight excluding hydrogens is 216 g/mol. The first-order chi connectivity index (χ1) is 8.31. The van der Waals surface area contributed by atoms with Gasteiger partial charge in [-0.2, -0.15) is 0 Å². The molecule has 0 aromatic carbocycles. The Morgan fingerprint density at radius 1 is 1.59 bits per heavy atom. The molecule has 1 saturated heterocycles. The molecule has 0 aliphatic carbocycles. The van der Waals surface area contributed by atoms with Crippen LogP contribution in [0.3, 0.4) is 0 Å². The van der Waals surface area contributed by atoms with Crippen molar-refractivity contribution in [3.05, 3.63) is 24.2 Å². The summed E-state index contributed by atoms with van der Waals surface area (Å²) in [6.45, 7) is 2.89. The summed E-state index contributed by atoms with van der Waals surface area (Å²) in [5.74, 6) is 1.03. The molecule has 0 bridgehead atoms. The van der Waals surface area contributed by atoms with Gasteiger partial charge in [-0.15, -0.1) is 0 Å². The quantitative estimate of drug-likeness (QED) is 0.840. The monoisotopic (exact) mass is 236 g/mol. The maximum absolute atomic E-state index is 11.8. The van der Waals surface area contributed by atoms with Gasteiger partial charge in [0.25, 0.3) is 0 Å². The first kappa shape index (κ1) is 12.2. The second-order valence-electron chi connectivity index (χ2n) is 4.48. The molecule has 2 atom stereocenters. The van der Waals surface area contributed by atoms with Gasteiger partial charge >= 0.3 is 0 Å². The van der Waals surface area contributed by atoms with Crippen molar-refractivity contribution in [3.63, 3.8) is 0 Å². The zero-order valence-corrected chi connectivity index (χ0v) is 10.2. The third kappa shape index (κ3) is 3.09. The van der Waals surface area contributed by atoms with Gasteiger partial charge in [0.2, 0.25) is 5.91 Å². The number of rotatable bonds is 4. The number of nitrogens with one attached hydrogen (secondary N) is 2. The Labute approximate surface area is 102 Å². The van der Waals surface area contributed by atoms with E-state index in [4.69, 9.17) is 4.42 Å². The average Bonchev–Trinajstić information content (AvgIpc) is 2.79. The largest absolute Gasteiger partial charge is 0.468 e. The van der Waals surface area contributed by atoms with Gasteiger partial charge in [-0.05, 0) is 37.8 Å². The standard InChI is InChI=1S/C13H20N2O2/c1-2-10(12-7-5-9-17-12)15-11-6-3-4-8-14-13(11)16/h5,7,9-11,15H,2-4,6,8H2,1H3,(H,14,16). The fourth-order valence-electron chi connectivity index (χ4n) is 2.23. The van der Waals surface area contributed by atoms with Gasteiger partial charge in [-0.3, -0.25) is 10.1 Å². The molecule has 2 N–H and O–H groups in total. The number of carbonyl (C=O) groups is 1. The Balaban J connectivity index is 1.99. The van der Waals surface area contributed by atoms with E-state index in [0.717, 1.165) is 38.0 Å². The van der Waals surface area contributed by atoms with E-state index in [0.29, 0.717) is 0 Å². The molecule has 2 heterocycles. The van der Waals surface area contributed by atoms with E-state index in [1.165, 1.54) is 0 Å². The molecule has 4 nitrogen and oxygen atoms in total. The predicted molar refractivity (Wildman–Crippen MR) is 65.5 cm³/mol. The van der Waals surface area contributed by atoms with Crippen LogP contribution in [0, 0.1) is 0 Å². The molecule has 4 heteroatoms. The van der Waals surface area contributed by atoms with Crippen molar-refractivity contribution in [2.75, 3.05) is 6.54 Å². The van der Waals surface area contributed by atoms with Crippen molar-refractivity contribution in [2.24, 2.45) is 0 Å². The Morgan fingerprint density at radius 3 is 3.18 bits per heavy atom. The van der Waals surface area contributed by atoms with Gasteiger partial charge in [0.05, 0.1) is 18.3 Å². The summed E-state index contributed by atoms with van der Waals surface area (Å²) < 4.78 is 5.40. The molecule has 0 saturated carbocycles. The molecule has 1 amide bonds. The van der Waals surface area contributed by atoms with Crippen molar-refractivity contribution < 1.29 is 9.21 Å². The van der Waals surface area contributed by atoms with Crippen LogP contribution in [0.2, 0.25) is 0 Å². The number of hydrogen-bond acceptors (Lipinski definition) is 3. The molecule has 1 aliphatic heterocycles. The van der Waals surface area contributed by atoms with Crippen LogP contribution >= 0.6 is 0 Å². The minimum Gasteiger partial charge on any atom is -0.468 e. The maximum atomic E-state index is 11.8. The highest BCUT2D eigenvalue weighted by Crippen LogP contribution is 2.19. The van der Waals surface area contributed by atoms with E-state index in [2.05, 4.69) is 17.6 Å². The Bertz CT molecular complexity index is 348. The Morgan fingerprint density at radius 2 is 2.47 bits per heavy atom. The smallest absolute Gasteiger partial charge is 0.237 e. The highest BCUT2D eigenvalue weighted by molar-refractivity contribution is 5.81. The maximum Gasteiger partial charge on any atom is 0.237 e. The van der Waals surface area contributed by atoms with Crippen molar-refractivity contribution in [1.82, 2.24) is 10.6 Å². The van der Waals surface area contributed by atoms with E-state index in [9.17, 15) is 4.79 Å². The Kier molecular flexibility index (Phi) is 4.20. The van der Waals surface area contributed by atoms with E-state index < -0.39 is 0 Å². The molecule has 2 unspecified atom stereocenters. The first-order valence-electron chi connectivity index (χ1n) is 6.38. The van der Waals surface area contributed by atoms with E-state index in [1.807, 2.05) is 12.1 Å². The summed E-state index contributed by atoms with van der Waals surface area (Å²) >= 11 is 0. The van der Waals surface area contributed by atoms with Crippen LogP contribution in [0.1, 0.15) is 44.4 Å². The fourth-order valence-corrected chi connectivity index (χ4v) is 2.23. The lowest BCUT2D eigenvalue weighted by atomic mass is 10.1. The predicted octanol–water partition coefficient (Wildman–Crippen LogP) is 1.99. The highest BCUT2D eigenvalue weighted by atomic mass is 16.3. The SMILES string of the molecule is CCC(NC1CCCCNC1=O)c1ccco1. The summed E-state index contributed by atoms with van der Waals surface area (Å²) in [5, 5.41) is 6.33. The molecule has 1 aromatic rings. The van der Waals surface area contributed by atoms with E-state index in [-0.39, 0.29) is 18.0 Å². The van der Waals surface area contributed by atoms with Gasteiger partial charge in [0.15, 0.2) is 0 Å². The highest BCUT2D eigenvalue weighted by Gasteiger charge is 2.24. The average molecular weight is 236 g/mol. The molecular formula is C13H20N2O2. The summed E-state index contributed by atoms with van der Waals surface area (Å²) in [4.78, 5) is 11.8. The molecule has 1 fully saturated rings. The van der Waals surface area contributed by atoms with Crippen LogP contribution in [0.25, 0.3) is 0 Å².